The van der Waals surface area contributed by atoms with Gasteiger partial charge in [0.2, 0.25) is 6.10 Å². The summed E-state index contributed by atoms with van der Waals surface area (Å²) in [6.07, 6.45) is 0.295. The molecule has 2 aromatic rings. The van der Waals surface area contributed by atoms with Crippen LogP contribution in [0.4, 0.5) is 0 Å². The van der Waals surface area contributed by atoms with Crippen LogP contribution in [0.3, 0.4) is 0 Å². The van der Waals surface area contributed by atoms with Crippen LogP contribution in [0.25, 0.3) is 0 Å². The first-order valence-electron chi connectivity index (χ1n) is 8.82. The number of para-hydroxylation sites is 2. The lowest BCUT2D eigenvalue weighted by molar-refractivity contribution is -0.143. The number of aliphatic hydroxyl groups excluding tert-OH is 1. The monoisotopic (exact) mass is 358 g/mol. The molecule has 1 aromatic heterocycles. The molecule has 1 amide bonds. The minimum Gasteiger partial charge on any atom is -0.485 e. The summed E-state index contributed by atoms with van der Waals surface area (Å²) in [4.78, 5) is 16.6. The zero-order valence-corrected chi connectivity index (χ0v) is 14.4. The van der Waals surface area contributed by atoms with Gasteiger partial charge in [-0.25, -0.2) is 0 Å². The zero-order valence-electron chi connectivity index (χ0n) is 14.4. The lowest BCUT2D eigenvalue weighted by Crippen LogP contribution is -2.54. The largest absolute Gasteiger partial charge is 0.485 e. The summed E-state index contributed by atoms with van der Waals surface area (Å²) in [5.41, 5.74) is 0. The summed E-state index contributed by atoms with van der Waals surface area (Å²) in [5, 5.41) is 10.2. The van der Waals surface area contributed by atoms with Gasteiger partial charge < -0.3 is 23.9 Å². The molecule has 2 aliphatic rings. The first kappa shape index (κ1) is 16.9. The Labute approximate surface area is 151 Å². The molecule has 0 saturated carbocycles. The maximum absolute atomic E-state index is 12.7. The summed E-state index contributed by atoms with van der Waals surface area (Å²) < 4.78 is 16.7. The van der Waals surface area contributed by atoms with Gasteiger partial charge in [-0.05, 0) is 24.3 Å². The van der Waals surface area contributed by atoms with E-state index in [1.165, 1.54) is 0 Å². The minimum atomic E-state index is -0.654. The highest BCUT2D eigenvalue weighted by molar-refractivity contribution is 5.82. The van der Waals surface area contributed by atoms with Gasteiger partial charge in [0.1, 0.15) is 18.5 Å². The predicted molar refractivity (Wildman–Crippen MR) is 93.0 cm³/mol. The maximum atomic E-state index is 12.7. The second-order valence-corrected chi connectivity index (χ2v) is 6.52. The molecule has 2 aliphatic heterocycles. The number of piperazine rings is 1. The Morgan fingerprint density at radius 2 is 1.88 bits per heavy atom. The number of carbonyl (C=O) groups excluding carboxylic acids is 1. The van der Waals surface area contributed by atoms with Gasteiger partial charge in [-0.2, -0.15) is 0 Å². The Hall–Kier alpha value is -2.51. The Morgan fingerprint density at radius 3 is 2.62 bits per heavy atom. The number of fused-ring (bicyclic) bond motifs is 1. The highest BCUT2D eigenvalue weighted by atomic mass is 16.6. The van der Waals surface area contributed by atoms with Crippen LogP contribution in [0, 0.1) is 0 Å². The van der Waals surface area contributed by atoms with Crippen LogP contribution in [0.15, 0.2) is 47.1 Å². The Balaban J connectivity index is 1.29. The number of furan rings is 1. The van der Waals surface area contributed by atoms with Gasteiger partial charge >= 0.3 is 0 Å². The number of carbonyl (C=O) groups is 1. The van der Waals surface area contributed by atoms with E-state index >= 15 is 0 Å². The van der Waals surface area contributed by atoms with E-state index in [2.05, 4.69) is 4.90 Å². The average molecular weight is 358 g/mol. The molecule has 1 N–H and O–H groups in total. The number of aliphatic hydroxyl groups is 1. The molecular weight excluding hydrogens is 336 g/mol. The fraction of sp³-hybridized carbons (Fsp3) is 0.421. The molecule has 0 spiro atoms. The molecule has 7 nitrogen and oxygen atoms in total. The van der Waals surface area contributed by atoms with Crippen molar-refractivity contribution < 1.29 is 23.8 Å². The number of hydrogen-bond donors (Lipinski definition) is 1. The first-order valence-corrected chi connectivity index (χ1v) is 8.82. The SMILES string of the molecule is O=C([C@@H]1COc2ccccc2O1)N1CCN(C[C@H](O)c2ccco2)CC1. The number of rotatable bonds is 4. The van der Waals surface area contributed by atoms with Crippen LogP contribution < -0.4 is 9.47 Å². The van der Waals surface area contributed by atoms with Gasteiger partial charge in [-0.15, -0.1) is 0 Å². The summed E-state index contributed by atoms with van der Waals surface area (Å²) in [6.45, 7) is 3.33. The molecule has 0 unspecified atom stereocenters. The van der Waals surface area contributed by atoms with Crippen molar-refractivity contribution in [3.8, 4) is 11.5 Å². The second-order valence-electron chi connectivity index (χ2n) is 6.52. The summed E-state index contributed by atoms with van der Waals surface area (Å²) >= 11 is 0. The lowest BCUT2D eigenvalue weighted by atomic mass is 10.2. The molecule has 1 saturated heterocycles. The van der Waals surface area contributed by atoms with E-state index in [0.717, 1.165) is 0 Å². The van der Waals surface area contributed by atoms with E-state index in [4.69, 9.17) is 13.9 Å². The molecule has 2 atom stereocenters. The molecule has 4 rings (SSSR count). The smallest absolute Gasteiger partial charge is 0.267 e. The van der Waals surface area contributed by atoms with Crippen molar-refractivity contribution in [2.24, 2.45) is 0 Å². The molecule has 0 radical (unpaired) electrons. The van der Waals surface area contributed by atoms with Crippen LogP contribution in [0.1, 0.15) is 11.9 Å². The molecule has 138 valence electrons. The van der Waals surface area contributed by atoms with Crippen LogP contribution in [0.5, 0.6) is 11.5 Å². The van der Waals surface area contributed by atoms with Crippen LogP contribution >= 0.6 is 0 Å². The van der Waals surface area contributed by atoms with Gasteiger partial charge in [0.25, 0.3) is 5.91 Å². The van der Waals surface area contributed by atoms with Crippen molar-refractivity contribution in [3.05, 3.63) is 48.4 Å². The van der Waals surface area contributed by atoms with Crippen molar-refractivity contribution >= 4 is 5.91 Å². The van der Waals surface area contributed by atoms with Gasteiger partial charge in [0.15, 0.2) is 11.5 Å². The number of nitrogens with zero attached hydrogens (tertiary/aromatic N) is 2. The third-order valence-corrected chi connectivity index (χ3v) is 4.77. The molecule has 26 heavy (non-hydrogen) atoms. The highest BCUT2D eigenvalue weighted by Gasteiger charge is 2.33. The van der Waals surface area contributed by atoms with E-state index < -0.39 is 12.2 Å². The third-order valence-electron chi connectivity index (χ3n) is 4.77. The standard InChI is InChI=1S/C19H22N2O5/c22-14(15-6-3-11-24-15)12-20-7-9-21(10-8-20)19(23)18-13-25-16-4-1-2-5-17(16)26-18/h1-6,11,14,18,22H,7-10,12-13H2/t14-,18-/m0/s1. The highest BCUT2D eigenvalue weighted by Crippen LogP contribution is 2.31. The van der Waals surface area contributed by atoms with Crippen LogP contribution in [0.2, 0.25) is 0 Å². The minimum absolute atomic E-state index is 0.0502. The van der Waals surface area contributed by atoms with Gasteiger partial charge in [0.05, 0.1) is 6.26 Å². The fourth-order valence-electron chi connectivity index (χ4n) is 3.31. The lowest BCUT2D eigenvalue weighted by Gasteiger charge is -2.37. The van der Waals surface area contributed by atoms with Gasteiger partial charge in [-0.3, -0.25) is 9.69 Å². The number of hydrogen-bond acceptors (Lipinski definition) is 6. The van der Waals surface area contributed by atoms with Crippen LogP contribution in [-0.2, 0) is 4.79 Å². The van der Waals surface area contributed by atoms with Crippen molar-refractivity contribution in [1.29, 1.82) is 0 Å². The molecule has 1 aromatic carbocycles. The molecule has 0 aliphatic carbocycles. The molecule has 0 bridgehead atoms. The maximum Gasteiger partial charge on any atom is 0.267 e. The first-order chi connectivity index (χ1) is 12.7. The fourth-order valence-corrected chi connectivity index (χ4v) is 3.31. The van der Waals surface area contributed by atoms with E-state index in [-0.39, 0.29) is 12.5 Å². The number of benzene rings is 1. The van der Waals surface area contributed by atoms with Gasteiger partial charge in [0, 0.05) is 32.7 Å². The third kappa shape index (κ3) is 3.54. The molecule has 3 heterocycles. The molecular formula is C19H22N2O5. The second kappa shape index (κ2) is 7.39. The van der Waals surface area contributed by atoms with E-state index in [1.54, 1.807) is 23.3 Å². The van der Waals surface area contributed by atoms with E-state index in [1.807, 2.05) is 24.3 Å². The summed E-state index contributed by atoms with van der Waals surface area (Å²) in [6, 6.07) is 10.9. The average Bonchev–Trinajstić information content (AvgIpc) is 3.23. The van der Waals surface area contributed by atoms with Crippen molar-refractivity contribution in [2.45, 2.75) is 12.2 Å². The van der Waals surface area contributed by atoms with Gasteiger partial charge in [-0.1, -0.05) is 12.1 Å². The van der Waals surface area contributed by atoms with Crippen molar-refractivity contribution in [1.82, 2.24) is 9.80 Å². The topological polar surface area (TPSA) is 75.4 Å². The summed E-state index contributed by atoms with van der Waals surface area (Å²) in [7, 11) is 0. The summed E-state index contributed by atoms with van der Waals surface area (Å²) in [5.74, 6) is 1.80. The van der Waals surface area contributed by atoms with Crippen molar-refractivity contribution in [3.63, 3.8) is 0 Å². The van der Waals surface area contributed by atoms with E-state index in [9.17, 15) is 9.90 Å². The number of β-amino-alcohol motifs (C(OH)–C–C–N with tert-alkyl or cyclic N) is 1. The quantitative estimate of drug-likeness (QED) is 0.888. The normalized spacial score (nSPS) is 21.4. The number of ether oxygens (including phenoxy) is 2. The Bertz CT molecular complexity index is 740. The van der Waals surface area contributed by atoms with E-state index in [0.29, 0.717) is 50.0 Å². The predicted octanol–water partition coefficient (Wildman–Crippen LogP) is 1.30. The zero-order chi connectivity index (χ0) is 17.9. The molecule has 1 fully saturated rings. The Kier molecular flexibility index (Phi) is 4.81. The molecule has 7 heteroatoms. The van der Waals surface area contributed by atoms with Crippen molar-refractivity contribution in [2.75, 3.05) is 39.3 Å². The Morgan fingerprint density at radius 1 is 1.12 bits per heavy atom. The number of amides is 1. The van der Waals surface area contributed by atoms with Crippen LogP contribution in [-0.4, -0.2) is 66.2 Å².